The minimum absolute atomic E-state index is 0.108. The lowest BCUT2D eigenvalue weighted by Gasteiger charge is -2.14. The Kier molecular flexibility index (Phi) is 5.06. The van der Waals surface area contributed by atoms with Gasteiger partial charge in [0, 0.05) is 13.1 Å². The van der Waals surface area contributed by atoms with Gasteiger partial charge in [0.15, 0.2) is 5.82 Å². The highest BCUT2D eigenvalue weighted by molar-refractivity contribution is 5.90. The number of carbonyl (C=O) groups excluding carboxylic acids is 3. The van der Waals surface area contributed by atoms with Crippen LogP contribution in [-0.4, -0.2) is 54.1 Å². The Balaban J connectivity index is 1.77. The molecule has 1 atom stereocenters. The molecule has 27 heavy (non-hydrogen) atoms. The van der Waals surface area contributed by atoms with Crippen LogP contribution in [0.4, 0.5) is 14.9 Å². The molecule has 1 fully saturated rings. The smallest absolute Gasteiger partial charge is 0.414 e. The second kappa shape index (κ2) is 7.44. The summed E-state index contributed by atoms with van der Waals surface area (Å²) in [5.74, 6) is -1.45. The number of nitrogens with one attached hydrogen (secondary N) is 1. The third-order valence-electron chi connectivity index (χ3n) is 3.95. The number of aromatic nitrogens is 2. The van der Waals surface area contributed by atoms with Crippen LogP contribution >= 0.6 is 0 Å². The van der Waals surface area contributed by atoms with Crippen molar-refractivity contribution in [1.82, 2.24) is 15.1 Å². The topological polar surface area (TPSA) is 103 Å². The number of hydrogen-bond acceptors (Lipinski definition) is 6. The molecule has 1 aromatic carbocycles. The number of amides is 2. The first-order valence-corrected chi connectivity index (χ1v) is 8.04. The highest BCUT2D eigenvalue weighted by Gasteiger charge is 2.32. The molecule has 142 valence electrons. The fraction of sp³-hybridized carbons (Fsp3) is 0.294. The standard InChI is InChI=1S/C17H17FN4O5/c1-10(23)19-7-13-9-21(17(25)27-13)12-3-4-15(14(18)5-12)22-8-11(6-20-22)16(24)26-2/h3-6,8,13H,7,9H2,1-2H3,(H,19,23). The van der Waals surface area contributed by atoms with Gasteiger partial charge in [-0.25, -0.2) is 18.7 Å². The third kappa shape index (κ3) is 3.89. The summed E-state index contributed by atoms with van der Waals surface area (Å²) in [4.78, 5) is 35.7. The maximum atomic E-state index is 14.5. The molecule has 2 amide bonds. The number of carbonyl (C=O) groups is 3. The van der Waals surface area contributed by atoms with Gasteiger partial charge in [0.1, 0.15) is 11.8 Å². The molecule has 3 rings (SSSR count). The van der Waals surface area contributed by atoms with E-state index in [0.29, 0.717) is 5.69 Å². The number of ether oxygens (including phenoxy) is 2. The maximum absolute atomic E-state index is 14.5. The number of methoxy groups -OCH3 is 1. The second-order valence-electron chi connectivity index (χ2n) is 5.85. The van der Waals surface area contributed by atoms with Gasteiger partial charge in [-0.2, -0.15) is 5.10 Å². The van der Waals surface area contributed by atoms with Crippen molar-refractivity contribution in [1.29, 1.82) is 0 Å². The lowest BCUT2D eigenvalue weighted by atomic mass is 10.2. The molecule has 1 aromatic heterocycles. The molecule has 1 saturated heterocycles. The van der Waals surface area contributed by atoms with Crippen LogP contribution in [0.5, 0.6) is 0 Å². The van der Waals surface area contributed by atoms with Crippen molar-refractivity contribution in [2.45, 2.75) is 13.0 Å². The van der Waals surface area contributed by atoms with E-state index in [2.05, 4.69) is 15.2 Å². The average Bonchev–Trinajstić information content (AvgIpc) is 3.26. The molecular formula is C17H17FN4O5. The van der Waals surface area contributed by atoms with Crippen LogP contribution in [0.15, 0.2) is 30.6 Å². The van der Waals surface area contributed by atoms with Gasteiger partial charge in [-0.3, -0.25) is 9.69 Å². The third-order valence-corrected chi connectivity index (χ3v) is 3.95. The van der Waals surface area contributed by atoms with Crippen molar-refractivity contribution >= 4 is 23.7 Å². The normalized spacial score (nSPS) is 16.2. The minimum Gasteiger partial charge on any atom is -0.465 e. The largest absolute Gasteiger partial charge is 0.465 e. The predicted octanol–water partition coefficient (Wildman–Crippen LogP) is 1.26. The van der Waals surface area contributed by atoms with Crippen LogP contribution in [0.1, 0.15) is 17.3 Å². The van der Waals surface area contributed by atoms with Crippen molar-refractivity contribution in [3.05, 3.63) is 42.0 Å². The first-order chi connectivity index (χ1) is 12.9. The second-order valence-corrected chi connectivity index (χ2v) is 5.85. The van der Waals surface area contributed by atoms with Gasteiger partial charge in [-0.1, -0.05) is 0 Å². The number of hydrogen-bond donors (Lipinski definition) is 1. The first kappa shape index (κ1) is 18.4. The molecule has 0 aliphatic carbocycles. The molecule has 1 aliphatic heterocycles. The van der Waals surface area contributed by atoms with Crippen LogP contribution in [0.25, 0.3) is 5.69 Å². The van der Waals surface area contributed by atoms with Crippen LogP contribution in [0.3, 0.4) is 0 Å². The molecule has 0 bridgehead atoms. The molecule has 1 aliphatic rings. The molecule has 0 saturated carbocycles. The summed E-state index contributed by atoms with van der Waals surface area (Å²) in [6.45, 7) is 1.73. The van der Waals surface area contributed by atoms with Crippen molar-refractivity contribution < 1.29 is 28.2 Å². The molecule has 10 heteroatoms. The van der Waals surface area contributed by atoms with E-state index < -0.39 is 24.0 Å². The van der Waals surface area contributed by atoms with Gasteiger partial charge >= 0.3 is 12.1 Å². The molecule has 1 unspecified atom stereocenters. The van der Waals surface area contributed by atoms with Crippen LogP contribution in [0.2, 0.25) is 0 Å². The molecular weight excluding hydrogens is 359 g/mol. The monoisotopic (exact) mass is 376 g/mol. The number of nitrogens with zero attached hydrogens (tertiary/aromatic N) is 3. The zero-order valence-electron chi connectivity index (χ0n) is 14.6. The molecule has 2 aromatic rings. The van der Waals surface area contributed by atoms with Crippen molar-refractivity contribution in [3.63, 3.8) is 0 Å². The minimum atomic E-state index is -0.634. The predicted molar refractivity (Wildman–Crippen MR) is 91.2 cm³/mol. The van der Waals surface area contributed by atoms with Crippen LogP contribution in [0, 0.1) is 5.82 Å². The van der Waals surface area contributed by atoms with E-state index in [0.717, 1.165) is 0 Å². The Morgan fingerprint density at radius 3 is 2.89 bits per heavy atom. The SMILES string of the molecule is COC(=O)c1cnn(-c2ccc(N3CC(CNC(C)=O)OC3=O)cc2F)c1. The summed E-state index contributed by atoms with van der Waals surface area (Å²) in [7, 11) is 1.24. The van der Waals surface area contributed by atoms with Gasteiger partial charge in [0.2, 0.25) is 5.91 Å². The van der Waals surface area contributed by atoms with Gasteiger partial charge in [0.25, 0.3) is 0 Å². The average molecular weight is 376 g/mol. The quantitative estimate of drug-likeness (QED) is 0.788. The Labute approximate surface area is 153 Å². The molecule has 1 N–H and O–H groups in total. The van der Waals surface area contributed by atoms with Crippen LogP contribution < -0.4 is 10.2 Å². The summed E-state index contributed by atoms with van der Waals surface area (Å²) in [6.07, 6.45) is 1.48. The number of benzene rings is 1. The summed E-state index contributed by atoms with van der Waals surface area (Å²) in [6, 6.07) is 4.16. The van der Waals surface area contributed by atoms with Gasteiger partial charge in [-0.15, -0.1) is 0 Å². The zero-order valence-corrected chi connectivity index (χ0v) is 14.6. The Bertz CT molecular complexity index is 897. The molecule has 0 radical (unpaired) electrons. The summed E-state index contributed by atoms with van der Waals surface area (Å²) in [5, 5.41) is 6.51. The fourth-order valence-corrected chi connectivity index (χ4v) is 2.62. The number of cyclic esters (lactones) is 1. The van der Waals surface area contributed by atoms with E-state index in [-0.39, 0.29) is 30.2 Å². The summed E-state index contributed by atoms with van der Waals surface area (Å²) in [5.41, 5.74) is 0.605. The number of esters is 1. The van der Waals surface area contributed by atoms with Crippen molar-refractivity contribution in [2.75, 3.05) is 25.1 Å². The number of anilines is 1. The summed E-state index contributed by atoms with van der Waals surface area (Å²) < 4.78 is 25.5. The van der Waals surface area contributed by atoms with Gasteiger partial charge < -0.3 is 14.8 Å². The van der Waals surface area contributed by atoms with E-state index in [1.807, 2.05) is 0 Å². The molecule has 9 nitrogen and oxygen atoms in total. The highest BCUT2D eigenvalue weighted by Crippen LogP contribution is 2.25. The van der Waals surface area contributed by atoms with E-state index >= 15 is 0 Å². The fourth-order valence-electron chi connectivity index (χ4n) is 2.62. The van der Waals surface area contributed by atoms with Gasteiger partial charge in [-0.05, 0) is 18.2 Å². The number of halogens is 1. The van der Waals surface area contributed by atoms with E-state index in [4.69, 9.17) is 4.74 Å². The highest BCUT2D eigenvalue weighted by atomic mass is 19.1. The Hall–Kier alpha value is -3.43. The van der Waals surface area contributed by atoms with Gasteiger partial charge in [0.05, 0.1) is 37.6 Å². The molecule has 2 heterocycles. The van der Waals surface area contributed by atoms with Crippen molar-refractivity contribution in [2.24, 2.45) is 0 Å². The lowest BCUT2D eigenvalue weighted by Crippen LogP contribution is -2.33. The zero-order chi connectivity index (χ0) is 19.6. The van der Waals surface area contributed by atoms with Crippen molar-refractivity contribution in [3.8, 4) is 5.69 Å². The Morgan fingerprint density at radius 1 is 1.44 bits per heavy atom. The number of rotatable bonds is 5. The lowest BCUT2D eigenvalue weighted by molar-refractivity contribution is -0.119. The van der Waals surface area contributed by atoms with E-state index in [9.17, 15) is 18.8 Å². The maximum Gasteiger partial charge on any atom is 0.414 e. The van der Waals surface area contributed by atoms with E-state index in [1.165, 1.54) is 48.1 Å². The van der Waals surface area contributed by atoms with Crippen LogP contribution in [-0.2, 0) is 14.3 Å². The molecule has 0 spiro atoms. The Morgan fingerprint density at radius 2 is 2.22 bits per heavy atom. The van der Waals surface area contributed by atoms with E-state index in [1.54, 1.807) is 6.07 Å². The summed E-state index contributed by atoms with van der Waals surface area (Å²) >= 11 is 0. The first-order valence-electron chi connectivity index (χ1n) is 8.04.